The lowest BCUT2D eigenvalue weighted by atomic mass is 9.93. The number of alkyl halides is 6. The lowest BCUT2D eigenvalue weighted by Crippen LogP contribution is -2.53. The SMILES string of the molecule is O=C(Cc1cc(C(F)(F)F)cc(C(F)(F)F)c1)NCC(c1cccc2c1OCO2)N1CCN(C2CCCCC2)CC1. The van der Waals surface area contributed by atoms with Crippen LogP contribution in [0.1, 0.15) is 60.4 Å². The summed E-state index contributed by atoms with van der Waals surface area (Å²) in [6.45, 7) is 3.39. The predicted octanol–water partition coefficient (Wildman–Crippen LogP) is 5.80. The van der Waals surface area contributed by atoms with Gasteiger partial charge < -0.3 is 14.8 Å². The first-order valence-corrected chi connectivity index (χ1v) is 13.9. The Morgan fingerprint density at radius 1 is 0.902 bits per heavy atom. The van der Waals surface area contributed by atoms with Crippen LogP contribution < -0.4 is 14.8 Å². The molecule has 5 rings (SSSR count). The first-order chi connectivity index (χ1) is 19.5. The molecule has 2 aromatic carbocycles. The van der Waals surface area contributed by atoms with Crippen molar-refractivity contribution in [2.45, 2.75) is 63.0 Å². The quantitative estimate of drug-likeness (QED) is 0.417. The number of hydrogen-bond acceptors (Lipinski definition) is 5. The van der Waals surface area contributed by atoms with Gasteiger partial charge in [0.05, 0.1) is 23.6 Å². The molecule has 1 unspecified atom stereocenters. The first-order valence-electron chi connectivity index (χ1n) is 13.9. The van der Waals surface area contributed by atoms with Crippen LogP contribution in [0.25, 0.3) is 0 Å². The van der Waals surface area contributed by atoms with Gasteiger partial charge in [0.1, 0.15) is 0 Å². The van der Waals surface area contributed by atoms with Crippen molar-refractivity contribution in [2.24, 2.45) is 0 Å². The number of benzene rings is 2. The van der Waals surface area contributed by atoms with Crippen molar-refractivity contribution in [3.05, 3.63) is 58.7 Å². The Kier molecular flexibility index (Phi) is 8.70. The van der Waals surface area contributed by atoms with Crippen molar-refractivity contribution < 1.29 is 40.6 Å². The molecule has 2 aliphatic heterocycles. The molecule has 0 spiro atoms. The van der Waals surface area contributed by atoms with Crippen LogP contribution >= 0.6 is 0 Å². The molecule has 0 aromatic heterocycles. The molecule has 3 aliphatic rings. The minimum Gasteiger partial charge on any atom is -0.454 e. The number of piperazine rings is 1. The standard InChI is InChI=1S/C29H33F6N3O3/c30-28(31,32)20-13-19(14-21(16-20)29(33,34)35)15-26(39)36-17-24(23-7-4-8-25-27(23)41-18-40-25)38-11-9-37(10-12-38)22-5-2-1-3-6-22/h4,7-8,13-14,16,22,24H,1-3,5-6,9-12,15,17-18H2,(H,36,39). The van der Waals surface area contributed by atoms with E-state index in [9.17, 15) is 31.1 Å². The van der Waals surface area contributed by atoms with Gasteiger partial charge in [-0.1, -0.05) is 31.4 Å². The molecule has 2 aromatic rings. The van der Waals surface area contributed by atoms with Crippen molar-refractivity contribution in [2.75, 3.05) is 39.5 Å². The zero-order valence-electron chi connectivity index (χ0n) is 22.5. The van der Waals surface area contributed by atoms with Crippen molar-refractivity contribution in [1.82, 2.24) is 15.1 Å². The highest BCUT2D eigenvalue weighted by atomic mass is 19.4. The number of fused-ring (bicyclic) bond motifs is 1. The highest BCUT2D eigenvalue weighted by Crippen LogP contribution is 2.41. The summed E-state index contributed by atoms with van der Waals surface area (Å²) in [5, 5.41) is 2.76. The van der Waals surface area contributed by atoms with Gasteiger partial charge in [-0.2, -0.15) is 26.3 Å². The molecule has 1 amide bonds. The molecule has 41 heavy (non-hydrogen) atoms. The van der Waals surface area contributed by atoms with E-state index in [-0.39, 0.29) is 31.0 Å². The Hall–Kier alpha value is -2.99. The van der Waals surface area contributed by atoms with Gasteiger partial charge in [0.25, 0.3) is 0 Å². The van der Waals surface area contributed by atoms with Gasteiger partial charge in [0, 0.05) is 44.3 Å². The third kappa shape index (κ3) is 7.09. The maximum atomic E-state index is 13.3. The smallest absolute Gasteiger partial charge is 0.416 e. The average Bonchev–Trinajstić information content (AvgIpc) is 3.43. The summed E-state index contributed by atoms with van der Waals surface area (Å²) in [7, 11) is 0. The molecule has 0 radical (unpaired) electrons. The van der Waals surface area contributed by atoms with Crippen molar-refractivity contribution in [3.8, 4) is 11.5 Å². The van der Waals surface area contributed by atoms with E-state index in [1.165, 1.54) is 32.1 Å². The zero-order chi connectivity index (χ0) is 29.2. The minimum absolute atomic E-state index is 0.0580. The summed E-state index contributed by atoms with van der Waals surface area (Å²) in [5.41, 5.74) is -2.44. The Morgan fingerprint density at radius 2 is 1.56 bits per heavy atom. The van der Waals surface area contributed by atoms with Crippen molar-refractivity contribution >= 4 is 5.91 Å². The zero-order valence-corrected chi connectivity index (χ0v) is 22.5. The van der Waals surface area contributed by atoms with E-state index in [2.05, 4.69) is 15.1 Å². The summed E-state index contributed by atoms with van der Waals surface area (Å²) in [5.74, 6) is 0.491. The number of carbonyl (C=O) groups is 1. The third-order valence-electron chi connectivity index (χ3n) is 8.17. The largest absolute Gasteiger partial charge is 0.454 e. The van der Waals surface area contributed by atoms with E-state index in [0.717, 1.165) is 31.7 Å². The molecule has 0 bridgehead atoms. The molecule has 2 heterocycles. The van der Waals surface area contributed by atoms with Crippen molar-refractivity contribution in [3.63, 3.8) is 0 Å². The van der Waals surface area contributed by atoms with Gasteiger partial charge in [0.2, 0.25) is 12.7 Å². The number of rotatable bonds is 7. The average molecular weight is 586 g/mol. The Labute approximate surface area is 234 Å². The number of hydrogen-bond donors (Lipinski definition) is 1. The molecule has 2 fully saturated rings. The van der Waals surface area contributed by atoms with Crippen LogP contribution in [0.5, 0.6) is 11.5 Å². The van der Waals surface area contributed by atoms with E-state index in [0.29, 0.717) is 29.7 Å². The number of ether oxygens (including phenoxy) is 2. The number of halogens is 6. The summed E-state index contributed by atoms with van der Waals surface area (Å²) in [6.07, 6.45) is -4.43. The Morgan fingerprint density at radius 3 is 2.20 bits per heavy atom. The number of amides is 1. The fourth-order valence-electron chi connectivity index (χ4n) is 6.09. The molecule has 12 heteroatoms. The molecule has 6 nitrogen and oxygen atoms in total. The van der Waals surface area contributed by atoms with Gasteiger partial charge >= 0.3 is 12.4 Å². The number of nitrogens with one attached hydrogen (secondary N) is 1. The molecular weight excluding hydrogens is 552 g/mol. The second-order valence-corrected chi connectivity index (χ2v) is 10.9. The van der Waals surface area contributed by atoms with E-state index in [4.69, 9.17) is 9.47 Å². The van der Waals surface area contributed by atoms with Crippen LogP contribution in [0.15, 0.2) is 36.4 Å². The highest BCUT2D eigenvalue weighted by Gasteiger charge is 2.37. The minimum atomic E-state index is -4.98. The van der Waals surface area contributed by atoms with Gasteiger partial charge in [-0.05, 0) is 42.7 Å². The molecule has 1 atom stereocenters. The second-order valence-electron chi connectivity index (χ2n) is 10.9. The normalized spacial score (nSPS) is 19.8. The van der Waals surface area contributed by atoms with E-state index >= 15 is 0 Å². The molecule has 1 N–H and O–H groups in total. The maximum absolute atomic E-state index is 13.3. The van der Waals surface area contributed by atoms with Crippen LogP contribution in [-0.2, 0) is 23.6 Å². The molecule has 1 saturated carbocycles. The maximum Gasteiger partial charge on any atom is 0.416 e. The van der Waals surface area contributed by atoms with Crippen LogP contribution in [0.4, 0.5) is 26.3 Å². The number of para-hydroxylation sites is 1. The number of carbonyl (C=O) groups excluding carboxylic acids is 1. The number of nitrogens with zero attached hydrogens (tertiary/aromatic N) is 2. The lowest BCUT2D eigenvalue weighted by Gasteiger charge is -2.43. The topological polar surface area (TPSA) is 54.0 Å². The summed E-state index contributed by atoms with van der Waals surface area (Å²) in [6, 6.07) is 7.00. The van der Waals surface area contributed by atoms with Crippen LogP contribution in [0.2, 0.25) is 0 Å². The predicted molar refractivity (Wildman–Crippen MR) is 138 cm³/mol. The van der Waals surface area contributed by atoms with Gasteiger partial charge in [-0.15, -0.1) is 0 Å². The fourth-order valence-corrected chi connectivity index (χ4v) is 6.09. The van der Waals surface area contributed by atoms with E-state index < -0.39 is 35.8 Å². The van der Waals surface area contributed by atoms with Crippen molar-refractivity contribution in [1.29, 1.82) is 0 Å². The summed E-state index contributed by atoms with van der Waals surface area (Å²) in [4.78, 5) is 17.6. The molecular formula is C29H33F6N3O3. The fraction of sp³-hybridized carbons (Fsp3) is 0.552. The van der Waals surface area contributed by atoms with Gasteiger partial charge in [0.15, 0.2) is 11.5 Å². The molecule has 1 saturated heterocycles. The lowest BCUT2D eigenvalue weighted by molar-refractivity contribution is -0.143. The summed E-state index contributed by atoms with van der Waals surface area (Å²) < 4.78 is 90.9. The van der Waals surface area contributed by atoms with Gasteiger partial charge in [-0.25, -0.2) is 0 Å². The second kappa shape index (κ2) is 12.1. The van der Waals surface area contributed by atoms with Crippen LogP contribution in [-0.4, -0.2) is 61.3 Å². The molecule has 1 aliphatic carbocycles. The Bertz CT molecular complexity index is 1190. The van der Waals surface area contributed by atoms with Crippen LogP contribution in [0, 0.1) is 0 Å². The summed E-state index contributed by atoms with van der Waals surface area (Å²) >= 11 is 0. The van der Waals surface area contributed by atoms with E-state index in [1.54, 1.807) is 6.07 Å². The highest BCUT2D eigenvalue weighted by molar-refractivity contribution is 5.78. The van der Waals surface area contributed by atoms with Crippen LogP contribution in [0.3, 0.4) is 0 Å². The monoisotopic (exact) mass is 585 g/mol. The van der Waals surface area contributed by atoms with Gasteiger partial charge in [-0.3, -0.25) is 14.6 Å². The first kappa shape index (κ1) is 29.5. The molecule has 224 valence electrons. The Balaban J connectivity index is 1.31. The third-order valence-corrected chi connectivity index (χ3v) is 8.17. The van der Waals surface area contributed by atoms with E-state index in [1.807, 2.05) is 12.1 Å².